The van der Waals surface area contributed by atoms with E-state index in [0.717, 1.165) is 45.4 Å². The Balaban J connectivity index is 0.00000176. The molecule has 1 aromatic carbocycles. The summed E-state index contributed by atoms with van der Waals surface area (Å²) in [6.45, 7) is 3.36. The third kappa shape index (κ3) is 4.15. The first kappa shape index (κ1) is 17.6. The average molecular weight is 335 g/mol. The van der Waals surface area contributed by atoms with Crippen LogP contribution in [-0.2, 0) is 6.18 Å². The number of rotatable bonds is 4. The Bertz CT molecular complexity index is 483. The highest BCUT2D eigenvalue weighted by atomic mass is 35.5. The molecular formula is C16H22ClF3N2. The summed E-state index contributed by atoms with van der Waals surface area (Å²) < 4.78 is 39.9. The van der Waals surface area contributed by atoms with E-state index in [2.05, 4.69) is 10.2 Å². The van der Waals surface area contributed by atoms with Crippen molar-refractivity contribution in [2.75, 3.05) is 26.2 Å². The molecule has 0 aromatic heterocycles. The molecule has 0 bridgehead atoms. The molecule has 1 heterocycles. The fourth-order valence-electron chi connectivity index (χ4n) is 3.18. The molecule has 0 unspecified atom stereocenters. The third-order valence-corrected chi connectivity index (χ3v) is 4.47. The highest BCUT2D eigenvalue weighted by Crippen LogP contribution is 2.43. The number of piperazine rings is 1. The quantitative estimate of drug-likeness (QED) is 0.899. The van der Waals surface area contributed by atoms with Gasteiger partial charge in [0, 0.05) is 32.2 Å². The summed E-state index contributed by atoms with van der Waals surface area (Å²) >= 11 is 0. The molecular weight excluding hydrogens is 313 g/mol. The van der Waals surface area contributed by atoms with Crippen molar-refractivity contribution < 1.29 is 13.2 Å². The van der Waals surface area contributed by atoms with Crippen LogP contribution in [-0.4, -0.2) is 31.1 Å². The molecule has 0 amide bonds. The van der Waals surface area contributed by atoms with Crippen LogP contribution in [0.1, 0.15) is 36.4 Å². The van der Waals surface area contributed by atoms with Crippen LogP contribution in [0.25, 0.3) is 0 Å². The predicted molar refractivity (Wildman–Crippen MR) is 83.2 cm³/mol. The second kappa shape index (κ2) is 7.20. The minimum atomic E-state index is -4.27. The zero-order chi connectivity index (χ0) is 14.9. The molecule has 1 aliphatic carbocycles. The number of nitrogens with zero attached hydrogens (tertiary/aromatic N) is 1. The Hall–Kier alpha value is -0.780. The first-order valence-electron chi connectivity index (χ1n) is 7.66. The molecule has 0 radical (unpaired) electrons. The third-order valence-electron chi connectivity index (χ3n) is 4.47. The lowest BCUT2D eigenvalue weighted by molar-refractivity contribution is -0.138. The molecule has 3 rings (SSSR count). The van der Waals surface area contributed by atoms with E-state index in [1.807, 2.05) is 0 Å². The highest BCUT2D eigenvalue weighted by Gasteiger charge is 2.38. The van der Waals surface area contributed by atoms with Crippen LogP contribution >= 0.6 is 12.4 Å². The summed E-state index contributed by atoms with van der Waals surface area (Å²) in [4.78, 5) is 2.22. The molecule has 1 saturated heterocycles. The van der Waals surface area contributed by atoms with Crippen LogP contribution in [0.4, 0.5) is 13.2 Å². The zero-order valence-corrected chi connectivity index (χ0v) is 13.2. The van der Waals surface area contributed by atoms with Crippen molar-refractivity contribution in [1.29, 1.82) is 0 Å². The van der Waals surface area contributed by atoms with Crippen LogP contribution in [0.2, 0.25) is 0 Å². The highest BCUT2D eigenvalue weighted by molar-refractivity contribution is 5.85. The van der Waals surface area contributed by atoms with Crippen molar-refractivity contribution in [1.82, 2.24) is 10.2 Å². The van der Waals surface area contributed by atoms with Gasteiger partial charge in [0.2, 0.25) is 0 Å². The molecule has 6 heteroatoms. The van der Waals surface area contributed by atoms with Gasteiger partial charge in [-0.2, -0.15) is 13.2 Å². The Labute approximate surface area is 135 Å². The molecule has 2 fully saturated rings. The van der Waals surface area contributed by atoms with Crippen LogP contribution in [0.15, 0.2) is 24.3 Å². The molecule has 1 aliphatic heterocycles. The minimum absolute atomic E-state index is 0. The van der Waals surface area contributed by atoms with E-state index < -0.39 is 11.7 Å². The van der Waals surface area contributed by atoms with Crippen LogP contribution in [0.5, 0.6) is 0 Å². The number of nitrogens with one attached hydrogen (secondary N) is 1. The van der Waals surface area contributed by atoms with Gasteiger partial charge in [0.25, 0.3) is 0 Å². The summed E-state index contributed by atoms with van der Waals surface area (Å²) in [6.07, 6.45) is -1.09. The lowest BCUT2D eigenvalue weighted by Gasteiger charge is -2.36. The van der Waals surface area contributed by atoms with Gasteiger partial charge in [0.1, 0.15) is 0 Å². The molecule has 2 aliphatic rings. The fraction of sp³-hybridized carbons (Fsp3) is 0.625. The average Bonchev–Trinajstić information content (AvgIpc) is 3.29. The van der Waals surface area contributed by atoms with E-state index in [1.54, 1.807) is 12.1 Å². The lowest BCUT2D eigenvalue weighted by atomic mass is 9.94. The second-order valence-corrected chi connectivity index (χ2v) is 6.07. The topological polar surface area (TPSA) is 15.3 Å². The maximum absolute atomic E-state index is 13.3. The van der Waals surface area contributed by atoms with E-state index >= 15 is 0 Å². The molecule has 1 atom stereocenters. The standard InChI is InChI=1S/C16H21F3N2.ClH/c17-16(18,19)14-4-2-1-3-13(14)15(11-12-5-6-12)21-9-7-20-8-10-21;/h1-4,12,15,20H,5-11H2;1H/t15-;/m0./s1. The van der Waals surface area contributed by atoms with E-state index in [4.69, 9.17) is 0 Å². The molecule has 22 heavy (non-hydrogen) atoms. The Morgan fingerprint density at radius 2 is 1.77 bits per heavy atom. The van der Waals surface area contributed by atoms with Gasteiger partial charge in [0.15, 0.2) is 0 Å². The van der Waals surface area contributed by atoms with Gasteiger partial charge in [-0.15, -0.1) is 12.4 Å². The first-order valence-corrected chi connectivity index (χ1v) is 7.66. The van der Waals surface area contributed by atoms with Crippen molar-refractivity contribution in [3.63, 3.8) is 0 Å². The van der Waals surface area contributed by atoms with Gasteiger partial charge in [-0.1, -0.05) is 31.0 Å². The smallest absolute Gasteiger partial charge is 0.314 e. The molecule has 1 N–H and O–H groups in total. The number of benzene rings is 1. The van der Waals surface area contributed by atoms with Crippen molar-refractivity contribution >= 4 is 12.4 Å². The summed E-state index contributed by atoms with van der Waals surface area (Å²) in [5, 5.41) is 3.27. The molecule has 124 valence electrons. The van der Waals surface area contributed by atoms with E-state index in [-0.39, 0.29) is 18.4 Å². The van der Waals surface area contributed by atoms with Gasteiger partial charge in [0.05, 0.1) is 5.56 Å². The molecule has 1 saturated carbocycles. The lowest BCUT2D eigenvalue weighted by Crippen LogP contribution is -2.45. The number of halogens is 4. The fourth-order valence-corrected chi connectivity index (χ4v) is 3.18. The van der Waals surface area contributed by atoms with Gasteiger partial charge in [-0.3, -0.25) is 4.90 Å². The summed E-state index contributed by atoms with van der Waals surface area (Å²) in [6, 6.07) is 6.00. The van der Waals surface area contributed by atoms with Crippen molar-refractivity contribution in [3.8, 4) is 0 Å². The Morgan fingerprint density at radius 1 is 1.14 bits per heavy atom. The monoisotopic (exact) mass is 334 g/mol. The van der Waals surface area contributed by atoms with Crippen molar-refractivity contribution in [3.05, 3.63) is 35.4 Å². The first-order chi connectivity index (χ1) is 10.1. The maximum Gasteiger partial charge on any atom is 0.416 e. The summed E-state index contributed by atoms with van der Waals surface area (Å²) in [7, 11) is 0. The van der Waals surface area contributed by atoms with Crippen molar-refractivity contribution in [2.24, 2.45) is 5.92 Å². The zero-order valence-electron chi connectivity index (χ0n) is 12.4. The van der Waals surface area contributed by atoms with Gasteiger partial charge in [-0.05, 0) is 24.0 Å². The number of alkyl halides is 3. The van der Waals surface area contributed by atoms with Crippen LogP contribution in [0.3, 0.4) is 0 Å². The number of hydrogen-bond acceptors (Lipinski definition) is 2. The normalized spacial score (nSPS) is 21.2. The molecule has 2 nitrogen and oxygen atoms in total. The largest absolute Gasteiger partial charge is 0.416 e. The van der Waals surface area contributed by atoms with Crippen LogP contribution in [0, 0.1) is 5.92 Å². The molecule has 1 aromatic rings. The number of hydrogen-bond donors (Lipinski definition) is 1. The summed E-state index contributed by atoms with van der Waals surface area (Å²) in [5.74, 6) is 0.603. The summed E-state index contributed by atoms with van der Waals surface area (Å²) in [5.41, 5.74) is -0.00650. The minimum Gasteiger partial charge on any atom is -0.314 e. The van der Waals surface area contributed by atoms with E-state index in [1.165, 1.54) is 12.1 Å². The van der Waals surface area contributed by atoms with E-state index in [0.29, 0.717) is 11.5 Å². The van der Waals surface area contributed by atoms with Gasteiger partial charge in [-0.25, -0.2) is 0 Å². The SMILES string of the molecule is Cl.FC(F)(F)c1ccccc1[C@H](CC1CC1)N1CCNCC1. The maximum atomic E-state index is 13.3. The van der Waals surface area contributed by atoms with Crippen LogP contribution < -0.4 is 5.32 Å². The molecule has 0 spiro atoms. The predicted octanol–water partition coefficient (Wildman–Crippen LogP) is 3.87. The second-order valence-electron chi connectivity index (χ2n) is 6.07. The Morgan fingerprint density at radius 3 is 2.36 bits per heavy atom. The van der Waals surface area contributed by atoms with E-state index in [9.17, 15) is 13.2 Å². The Kier molecular flexibility index (Phi) is 5.75. The van der Waals surface area contributed by atoms with Gasteiger partial charge < -0.3 is 5.32 Å². The van der Waals surface area contributed by atoms with Crippen molar-refractivity contribution in [2.45, 2.75) is 31.5 Å². The van der Waals surface area contributed by atoms with Gasteiger partial charge >= 0.3 is 6.18 Å².